The van der Waals surface area contributed by atoms with Gasteiger partial charge in [-0.05, 0) is 99.2 Å². The third kappa shape index (κ3) is 1.86. The van der Waals surface area contributed by atoms with Crippen LogP contribution >= 0.6 is 0 Å². The highest BCUT2D eigenvalue weighted by Crippen LogP contribution is 2.68. The van der Waals surface area contributed by atoms with Crippen molar-refractivity contribution in [3.63, 3.8) is 0 Å². The molecular formula is C20H34O2. The quantitative estimate of drug-likeness (QED) is 0.706. The van der Waals surface area contributed by atoms with Gasteiger partial charge in [0.15, 0.2) is 0 Å². The van der Waals surface area contributed by atoms with Crippen molar-refractivity contribution in [2.45, 2.75) is 90.3 Å². The lowest BCUT2D eigenvalue weighted by Crippen LogP contribution is -2.56. The van der Waals surface area contributed by atoms with Gasteiger partial charge in [-0.2, -0.15) is 0 Å². The van der Waals surface area contributed by atoms with Crippen molar-refractivity contribution in [2.75, 3.05) is 0 Å². The summed E-state index contributed by atoms with van der Waals surface area (Å²) in [6, 6.07) is 0. The van der Waals surface area contributed by atoms with Gasteiger partial charge in [-0.1, -0.05) is 13.8 Å². The van der Waals surface area contributed by atoms with Crippen LogP contribution < -0.4 is 0 Å². The minimum atomic E-state index is -0.455. The molecule has 22 heavy (non-hydrogen) atoms. The molecule has 0 unspecified atom stereocenters. The minimum absolute atomic E-state index is 0.0457. The molecule has 0 heterocycles. The van der Waals surface area contributed by atoms with Gasteiger partial charge in [0.2, 0.25) is 0 Å². The van der Waals surface area contributed by atoms with Crippen molar-refractivity contribution in [1.29, 1.82) is 0 Å². The molecule has 0 aromatic rings. The number of fused-ring (bicyclic) bond motifs is 5. The molecule has 0 amide bonds. The number of aliphatic hydroxyl groups is 2. The fraction of sp³-hybridized carbons (Fsp3) is 1.00. The molecule has 8 atom stereocenters. The monoisotopic (exact) mass is 306 g/mol. The molecular weight excluding hydrogens is 272 g/mol. The Kier molecular flexibility index (Phi) is 3.32. The van der Waals surface area contributed by atoms with Crippen LogP contribution in [0.3, 0.4) is 0 Å². The van der Waals surface area contributed by atoms with Gasteiger partial charge in [0.05, 0.1) is 11.7 Å². The van der Waals surface area contributed by atoms with E-state index in [1.807, 2.05) is 0 Å². The van der Waals surface area contributed by atoms with Crippen LogP contribution in [0.1, 0.15) is 78.6 Å². The molecule has 0 aromatic carbocycles. The Hall–Kier alpha value is -0.0800. The summed E-state index contributed by atoms with van der Waals surface area (Å²) in [6.45, 7) is 7.01. The van der Waals surface area contributed by atoms with E-state index >= 15 is 0 Å². The highest BCUT2D eigenvalue weighted by molar-refractivity contribution is 5.12. The Balaban J connectivity index is 1.64. The maximum absolute atomic E-state index is 10.9. The van der Waals surface area contributed by atoms with Gasteiger partial charge in [0, 0.05) is 0 Å². The molecule has 0 aliphatic heterocycles. The molecule has 0 bridgehead atoms. The van der Waals surface area contributed by atoms with Crippen LogP contribution in [0.4, 0.5) is 0 Å². The molecule has 4 saturated carbocycles. The molecule has 4 aliphatic rings. The van der Waals surface area contributed by atoms with Crippen molar-refractivity contribution in [1.82, 2.24) is 0 Å². The van der Waals surface area contributed by atoms with E-state index in [0.717, 1.165) is 42.9 Å². The summed E-state index contributed by atoms with van der Waals surface area (Å²) in [5.41, 5.74) is 0.145. The van der Waals surface area contributed by atoms with Crippen LogP contribution in [0.5, 0.6) is 0 Å². The van der Waals surface area contributed by atoms with E-state index in [1.165, 1.54) is 38.5 Å². The average molecular weight is 306 g/mol. The zero-order valence-electron chi connectivity index (χ0n) is 14.6. The average Bonchev–Trinajstić information content (AvgIpc) is 2.70. The standard InChI is InChI=1S/C20H34O2/c1-18-9-6-14(21)12-13(18)4-5-15-16(18)7-10-19(2)17(15)8-11-20(19,3)22/h13-17,21-22H,4-12H2,1-3H3/t13-,14+,15+,16-,17-,18-,19-,20+/m0/s1. The number of aliphatic hydroxyl groups excluding tert-OH is 1. The highest BCUT2D eigenvalue weighted by atomic mass is 16.3. The fourth-order valence-corrected chi connectivity index (χ4v) is 7.48. The second kappa shape index (κ2) is 4.72. The first-order valence-corrected chi connectivity index (χ1v) is 9.68. The van der Waals surface area contributed by atoms with E-state index in [2.05, 4.69) is 20.8 Å². The molecule has 2 N–H and O–H groups in total. The maximum atomic E-state index is 10.9. The SMILES string of the molecule is C[C@]12CC[C@@H](O)C[C@@H]1CC[C@@H]1[C@@H]2CC[C@@]2(C)[C@H]1CC[C@@]2(C)O. The van der Waals surface area contributed by atoms with Gasteiger partial charge in [-0.15, -0.1) is 0 Å². The highest BCUT2D eigenvalue weighted by Gasteiger charge is 2.63. The van der Waals surface area contributed by atoms with E-state index in [-0.39, 0.29) is 11.5 Å². The van der Waals surface area contributed by atoms with E-state index in [4.69, 9.17) is 0 Å². The van der Waals surface area contributed by atoms with E-state index in [9.17, 15) is 10.2 Å². The summed E-state index contributed by atoms with van der Waals surface area (Å²) < 4.78 is 0. The van der Waals surface area contributed by atoms with Gasteiger partial charge < -0.3 is 10.2 Å². The van der Waals surface area contributed by atoms with Gasteiger partial charge in [0.25, 0.3) is 0 Å². The number of hydrogen-bond acceptors (Lipinski definition) is 2. The molecule has 4 rings (SSSR count). The van der Waals surface area contributed by atoms with Crippen molar-refractivity contribution >= 4 is 0 Å². The normalized spacial score (nSPS) is 61.2. The summed E-state index contributed by atoms with van der Waals surface area (Å²) in [6.07, 6.45) is 10.6. The zero-order chi connectivity index (χ0) is 15.8. The molecule has 2 nitrogen and oxygen atoms in total. The third-order valence-electron chi connectivity index (χ3n) is 9.20. The van der Waals surface area contributed by atoms with Gasteiger partial charge in [-0.25, -0.2) is 0 Å². The van der Waals surface area contributed by atoms with E-state index in [1.54, 1.807) is 0 Å². The van der Waals surface area contributed by atoms with Gasteiger partial charge in [-0.3, -0.25) is 0 Å². The summed E-state index contributed by atoms with van der Waals surface area (Å²) in [5, 5.41) is 21.0. The predicted molar refractivity (Wildman–Crippen MR) is 88.4 cm³/mol. The Bertz CT molecular complexity index is 459. The smallest absolute Gasteiger partial charge is 0.0675 e. The Morgan fingerprint density at radius 2 is 1.55 bits per heavy atom. The summed E-state index contributed by atoms with van der Waals surface area (Å²) >= 11 is 0. The van der Waals surface area contributed by atoms with Crippen molar-refractivity contribution in [2.24, 2.45) is 34.5 Å². The molecule has 4 fully saturated rings. The number of rotatable bonds is 0. The van der Waals surface area contributed by atoms with Gasteiger partial charge >= 0.3 is 0 Å². The third-order valence-corrected chi connectivity index (χ3v) is 9.20. The fourth-order valence-electron chi connectivity index (χ4n) is 7.48. The molecule has 126 valence electrons. The van der Waals surface area contributed by atoms with E-state index < -0.39 is 5.60 Å². The molecule has 0 saturated heterocycles. The first-order chi connectivity index (χ1) is 10.3. The van der Waals surface area contributed by atoms with Gasteiger partial charge in [0.1, 0.15) is 0 Å². The van der Waals surface area contributed by atoms with Crippen molar-refractivity contribution < 1.29 is 10.2 Å². The zero-order valence-corrected chi connectivity index (χ0v) is 14.6. The predicted octanol–water partition coefficient (Wildman–Crippen LogP) is 4.14. The van der Waals surface area contributed by atoms with Crippen LogP contribution in [0, 0.1) is 34.5 Å². The van der Waals surface area contributed by atoms with E-state index in [0.29, 0.717) is 5.41 Å². The first-order valence-electron chi connectivity index (χ1n) is 9.68. The lowest BCUT2D eigenvalue weighted by atomic mass is 9.44. The second-order valence-corrected chi connectivity index (χ2v) is 9.85. The van der Waals surface area contributed by atoms with Crippen molar-refractivity contribution in [3.05, 3.63) is 0 Å². The summed E-state index contributed by atoms with van der Waals surface area (Å²) in [7, 11) is 0. The molecule has 2 heteroatoms. The Morgan fingerprint density at radius 3 is 2.32 bits per heavy atom. The molecule has 0 spiro atoms. The van der Waals surface area contributed by atoms with Crippen LogP contribution in [0.2, 0.25) is 0 Å². The largest absolute Gasteiger partial charge is 0.393 e. The minimum Gasteiger partial charge on any atom is -0.393 e. The molecule has 0 aromatic heterocycles. The number of hydrogen-bond donors (Lipinski definition) is 2. The summed E-state index contributed by atoms with van der Waals surface area (Å²) in [5.74, 6) is 3.13. The van der Waals surface area contributed by atoms with Crippen LogP contribution in [-0.2, 0) is 0 Å². The Morgan fingerprint density at radius 1 is 0.818 bits per heavy atom. The lowest BCUT2D eigenvalue weighted by Gasteiger charge is -2.61. The van der Waals surface area contributed by atoms with Crippen LogP contribution in [-0.4, -0.2) is 21.9 Å². The Labute approximate surface area is 135 Å². The van der Waals surface area contributed by atoms with Crippen LogP contribution in [0.15, 0.2) is 0 Å². The molecule has 4 aliphatic carbocycles. The lowest BCUT2D eigenvalue weighted by molar-refractivity contribution is -0.153. The summed E-state index contributed by atoms with van der Waals surface area (Å²) in [4.78, 5) is 0. The van der Waals surface area contributed by atoms with Crippen molar-refractivity contribution in [3.8, 4) is 0 Å². The maximum Gasteiger partial charge on any atom is 0.0675 e. The topological polar surface area (TPSA) is 40.5 Å². The first kappa shape index (κ1) is 15.4. The second-order valence-electron chi connectivity index (χ2n) is 9.85. The molecule has 0 radical (unpaired) electrons. The van der Waals surface area contributed by atoms with Crippen LogP contribution in [0.25, 0.3) is 0 Å².